The SMILES string of the molecule is BrC1=CC2(CCN(Cc3ccccn3)CC2)ON1. The van der Waals surface area contributed by atoms with Crippen molar-refractivity contribution in [3.05, 3.63) is 40.8 Å². The zero-order valence-electron chi connectivity index (χ0n) is 10.1. The highest BCUT2D eigenvalue weighted by Gasteiger charge is 2.38. The van der Waals surface area contributed by atoms with Crippen LogP contribution in [0.5, 0.6) is 0 Å². The van der Waals surface area contributed by atoms with Gasteiger partial charge in [-0.2, -0.15) is 0 Å². The minimum absolute atomic E-state index is 0.112. The Hall–Kier alpha value is -0.910. The molecular formula is C13H16BrN3O. The van der Waals surface area contributed by atoms with Crippen LogP contribution >= 0.6 is 15.9 Å². The fraction of sp³-hybridized carbons (Fsp3) is 0.462. The molecule has 2 aliphatic rings. The summed E-state index contributed by atoms with van der Waals surface area (Å²) in [6, 6.07) is 6.07. The standard InChI is InChI=1S/C13H16BrN3O/c14-12-9-13(18-16-12)4-7-17(8-5-13)10-11-3-1-2-6-15-11/h1-3,6,9,16H,4-5,7-8,10H2. The minimum atomic E-state index is -0.112. The molecular weight excluding hydrogens is 294 g/mol. The highest BCUT2D eigenvalue weighted by Crippen LogP contribution is 2.33. The molecule has 0 saturated carbocycles. The summed E-state index contributed by atoms with van der Waals surface area (Å²) in [7, 11) is 0. The lowest BCUT2D eigenvalue weighted by atomic mass is 9.91. The highest BCUT2D eigenvalue weighted by atomic mass is 79.9. The molecule has 0 radical (unpaired) electrons. The molecule has 2 aliphatic heterocycles. The van der Waals surface area contributed by atoms with E-state index in [0.29, 0.717) is 0 Å². The van der Waals surface area contributed by atoms with Crippen molar-refractivity contribution < 1.29 is 4.84 Å². The van der Waals surface area contributed by atoms with Crippen LogP contribution in [0.1, 0.15) is 18.5 Å². The van der Waals surface area contributed by atoms with Crippen molar-refractivity contribution in [1.29, 1.82) is 0 Å². The Kier molecular flexibility index (Phi) is 3.37. The molecule has 5 heteroatoms. The summed E-state index contributed by atoms with van der Waals surface area (Å²) in [5, 5.41) is 0. The smallest absolute Gasteiger partial charge is 0.119 e. The van der Waals surface area contributed by atoms with E-state index in [-0.39, 0.29) is 5.60 Å². The summed E-state index contributed by atoms with van der Waals surface area (Å²) in [5.74, 6) is 0. The van der Waals surface area contributed by atoms with E-state index >= 15 is 0 Å². The lowest BCUT2D eigenvalue weighted by molar-refractivity contribution is -0.0730. The minimum Gasteiger partial charge on any atom is -0.297 e. The van der Waals surface area contributed by atoms with E-state index in [1.165, 1.54) is 0 Å². The van der Waals surface area contributed by atoms with E-state index in [2.05, 4.69) is 43.4 Å². The molecule has 0 amide bonds. The lowest BCUT2D eigenvalue weighted by Crippen LogP contribution is -2.44. The molecule has 96 valence electrons. The van der Waals surface area contributed by atoms with Crippen molar-refractivity contribution in [2.24, 2.45) is 0 Å². The first kappa shape index (κ1) is 12.1. The lowest BCUT2D eigenvalue weighted by Gasteiger charge is -2.36. The van der Waals surface area contributed by atoms with Crippen LogP contribution in [-0.4, -0.2) is 28.6 Å². The second kappa shape index (κ2) is 4.99. The van der Waals surface area contributed by atoms with Gasteiger partial charge in [0.05, 0.1) is 5.69 Å². The van der Waals surface area contributed by atoms with Gasteiger partial charge in [-0.1, -0.05) is 6.07 Å². The maximum absolute atomic E-state index is 5.66. The van der Waals surface area contributed by atoms with E-state index < -0.39 is 0 Å². The zero-order valence-corrected chi connectivity index (χ0v) is 11.7. The molecule has 1 aromatic heterocycles. The number of aromatic nitrogens is 1. The monoisotopic (exact) mass is 309 g/mol. The second-order valence-electron chi connectivity index (χ2n) is 4.86. The Morgan fingerprint density at radius 2 is 2.22 bits per heavy atom. The van der Waals surface area contributed by atoms with Crippen LogP contribution in [0, 0.1) is 0 Å². The van der Waals surface area contributed by atoms with Crippen LogP contribution in [0.2, 0.25) is 0 Å². The first-order valence-electron chi connectivity index (χ1n) is 6.20. The zero-order chi connectivity index (χ0) is 12.4. The van der Waals surface area contributed by atoms with Crippen molar-refractivity contribution >= 4 is 15.9 Å². The predicted octanol–water partition coefficient (Wildman–Crippen LogP) is 2.19. The van der Waals surface area contributed by atoms with Gasteiger partial charge in [-0.3, -0.25) is 20.2 Å². The molecule has 0 aromatic carbocycles. The third-order valence-electron chi connectivity index (χ3n) is 3.56. The molecule has 1 aromatic rings. The van der Waals surface area contributed by atoms with Gasteiger partial charge in [0.1, 0.15) is 10.2 Å². The quantitative estimate of drug-likeness (QED) is 0.850. The summed E-state index contributed by atoms with van der Waals surface area (Å²) in [6.45, 7) is 3.00. The van der Waals surface area contributed by atoms with Gasteiger partial charge in [0.15, 0.2) is 0 Å². The van der Waals surface area contributed by atoms with Gasteiger partial charge < -0.3 is 0 Å². The molecule has 1 fully saturated rings. The van der Waals surface area contributed by atoms with Gasteiger partial charge in [0.25, 0.3) is 0 Å². The normalized spacial score (nSPS) is 22.8. The van der Waals surface area contributed by atoms with Crippen molar-refractivity contribution in [3.63, 3.8) is 0 Å². The van der Waals surface area contributed by atoms with E-state index in [1.807, 2.05) is 18.3 Å². The predicted molar refractivity (Wildman–Crippen MR) is 72.7 cm³/mol. The molecule has 3 rings (SSSR count). The van der Waals surface area contributed by atoms with Crippen molar-refractivity contribution in [1.82, 2.24) is 15.4 Å². The number of hydrogen-bond donors (Lipinski definition) is 1. The molecule has 1 N–H and O–H groups in total. The van der Waals surface area contributed by atoms with Crippen LogP contribution in [-0.2, 0) is 11.4 Å². The summed E-state index contributed by atoms with van der Waals surface area (Å²) < 4.78 is 0.945. The maximum Gasteiger partial charge on any atom is 0.119 e. The highest BCUT2D eigenvalue weighted by molar-refractivity contribution is 9.11. The van der Waals surface area contributed by atoms with Crippen LogP contribution in [0.3, 0.4) is 0 Å². The van der Waals surface area contributed by atoms with Gasteiger partial charge in [0.2, 0.25) is 0 Å². The fourth-order valence-corrected chi connectivity index (χ4v) is 3.00. The Morgan fingerprint density at radius 1 is 1.39 bits per heavy atom. The van der Waals surface area contributed by atoms with E-state index in [4.69, 9.17) is 4.84 Å². The van der Waals surface area contributed by atoms with Crippen molar-refractivity contribution in [3.8, 4) is 0 Å². The maximum atomic E-state index is 5.66. The summed E-state index contributed by atoms with van der Waals surface area (Å²) in [6.07, 6.45) is 6.03. The third-order valence-corrected chi connectivity index (χ3v) is 3.95. The van der Waals surface area contributed by atoms with E-state index in [1.54, 1.807) is 0 Å². The van der Waals surface area contributed by atoms with Gasteiger partial charge in [0, 0.05) is 25.8 Å². The van der Waals surface area contributed by atoms with Gasteiger partial charge in [-0.15, -0.1) is 0 Å². The van der Waals surface area contributed by atoms with Crippen LogP contribution in [0.25, 0.3) is 0 Å². The van der Waals surface area contributed by atoms with E-state index in [9.17, 15) is 0 Å². The first-order chi connectivity index (χ1) is 8.76. The molecule has 0 unspecified atom stereocenters. The largest absolute Gasteiger partial charge is 0.297 e. The number of halogens is 1. The number of pyridine rings is 1. The Balaban J connectivity index is 1.58. The Bertz CT molecular complexity index is 441. The van der Waals surface area contributed by atoms with Crippen molar-refractivity contribution in [2.75, 3.05) is 13.1 Å². The number of likely N-dealkylation sites (tertiary alicyclic amines) is 1. The fourth-order valence-electron chi connectivity index (χ4n) is 2.50. The van der Waals surface area contributed by atoms with Gasteiger partial charge >= 0.3 is 0 Å². The third kappa shape index (κ3) is 2.58. The summed E-state index contributed by atoms with van der Waals surface area (Å²) in [4.78, 5) is 12.5. The Labute approximate surface area is 115 Å². The summed E-state index contributed by atoms with van der Waals surface area (Å²) >= 11 is 3.42. The first-order valence-corrected chi connectivity index (χ1v) is 7.00. The number of hydroxylamine groups is 1. The van der Waals surface area contributed by atoms with Gasteiger partial charge in [-0.05, 0) is 47.0 Å². The number of nitrogens with zero attached hydrogens (tertiary/aromatic N) is 2. The molecule has 3 heterocycles. The van der Waals surface area contributed by atoms with Gasteiger partial charge in [-0.25, -0.2) is 0 Å². The topological polar surface area (TPSA) is 37.4 Å². The average Bonchev–Trinajstić information content (AvgIpc) is 2.75. The molecule has 18 heavy (non-hydrogen) atoms. The molecule has 1 spiro atoms. The number of hydrogen-bond acceptors (Lipinski definition) is 4. The molecule has 0 aliphatic carbocycles. The molecule has 4 nitrogen and oxygen atoms in total. The van der Waals surface area contributed by atoms with Crippen LogP contribution < -0.4 is 5.48 Å². The number of rotatable bonds is 2. The summed E-state index contributed by atoms with van der Waals surface area (Å²) in [5.41, 5.74) is 3.91. The molecule has 0 atom stereocenters. The molecule has 0 bridgehead atoms. The van der Waals surface area contributed by atoms with Crippen LogP contribution in [0.15, 0.2) is 35.1 Å². The average molecular weight is 310 g/mol. The van der Waals surface area contributed by atoms with Crippen molar-refractivity contribution in [2.45, 2.75) is 25.0 Å². The van der Waals surface area contributed by atoms with Crippen LogP contribution in [0.4, 0.5) is 0 Å². The number of nitrogens with one attached hydrogen (secondary N) is 1. The second-order valence-corrected chi connectivity index (χ2v) is 5.71. The Morgan fingerprint density at radius 3 is 2.83 bits per heavy atom. The molecule has 1 saturated heterocycles. The van der Waals surface area contributed by atoms with E-state index in [0.717, 1.165) is 42.8 Å². The number of piperidine rings is 1.